The SMILES string of the molecule is Cc1ccc(C2CCCN2C(=O)CCCN2C(=O)CNC2=O)cc1C. The van der Waals surface area contributed by atoms with Gasteiger partial charge in [-0.05, 0) is 49.8 Å². The van der Waals surface area contributed by atoms with Crippen molar-refractivity contribution in [2.45, 2.75) is 45.6 Å². The molecule has 2 aliphatic heterocycles. The van der Waals surface area contributed by atoms with E-state index in [1.807, 2.05) is 4.90 Å². The molecule has 0 aliphatic carbocycles. The number of nitrogens with one attached hydrogen (secondary N) is 1. The fourth-order valence-corrected chi connectivity index (χ4v) is 3.60. The zero-order valence-corrected chi connectivity index (χ0v) is 14.9. The molecular weight excluding hydrogens is 318 g/mol. The lowest BCUT2D eigenvalue weighted by atomic mass is 9.99. The van der Waals surface area contributed by atoms with E-state index >= 15 is 0 Å². The van der Waals surface area contributed by atoms with Crippen LogP contribution in [0.25, 0.3) is 0 Å². The maximum atomic E-state index is 12.6. The van der Waals surface area contributed by atoms with E-state index in [1.165, 1.54) is 21.6 Å². The first-order chi connectivity index (χ1) is 12.0. The van der Waals surface area contributed by atoms with Gasteiger partial charge in [0.25, 0.3) is 0 Å². The van der Waals surface area contributed by atoms with Crippen LogP contribution in [0.3, 0.4) is 0 Å². The number of hydrogen-bond acceptors (Lipinski definition) is 3. The van der Waals surface area contributed by atoms with Crippen molar-refractivity contribution in [2.75, 3.05) is 19.6 Å². The minimum atomic E-state index is -0.355. The molecule has 0 spiro atoms. The maximum Gasteiger partial charge on any atom is 0.324 e. The van der Waals surface area contributed by atoms with Crippen LogP contribution in [-0.4, -0.2) is 47.3 Å². The first kappa shape index (κ1) is 17.5. The van der Waals surface area contributed by atoms with E-state index in [9.17, 15) is 14.4 Å². The summed E-state index contributed by atoms with van der Waals surface area (Å²) in [6, 6.07) is 6.20. The van der Waals surface area contributed by atoms with Gasteiger partial charge in [0, 0.05) is 19.5 Å². The van der Waals surface area contributed by atoms with Gasteiger partial charge in [-0.25, -0.2) is 4.79 Å². The Labute approximate surface area is 148 Å². The lowest BCUT2D eigenvalue weighted by Crippen LogP contribution is -2.34. The van der Waals surface area contributed by atoms with E-state index in [4.69, 9.17) is 0 Å². The van der Waals surface area contributed by atoms with Crippen LogP contribution >= 0.6 is 0 Å². The summed E-state index contributed by atoms with van der Waals surface area (Å²) in [5, 5.41) is 2.49. The predicted molar refractivity (Wildman–Crippen MR) is 93.9 cm³/mol. The van der Waals surface area contributed by atoms with Gasteiger partial charge in [0.15, 0.2) is 0 Å². The summed E-state index contributed by atoms with van der Waals surface area (Å²) in [7, 11) is 0. The smallest absolute Gasteiger partial charge is 0.324 e. The third-order valence-corrected chi connectivity index (χ3v) is 5.20. The van der Waals surface area contributed by atoms with Crippen LogP contribution in [0.4, 0.5) is 4.79 Å². The molecule has 6 heteroatoms. The van der Waals surface area contributed by atoms with Crippen LogP contribution < -0.4 is 5.32 Å². The number of rotatable bonds is 5. The van der Waals surface area contributed by atoms with Crippen LogP contribution in [0.15, 0.2) is 18.2 Å². The van der Waals surface area contributed by atoms with Crippen molar-refractivity contribution in [2.24, 2.45) is 0 Å². The lowest BCUT2D eigenvalue weighted by molar-refractivity contribution is -0.133. The minimum absolute atomic E-state index is 0.0632. The molecule has 1 unspecified atom stereocenters. The van der Waals surface area contributed by atoms with Gasteiger partial charge in [-0.3, -0.25) is 14.5 Å². The summed E-state index contributed by atoms with van der Waals surface area (Å²) in [5.41, 5.74) is 3.70. The molecule has 0 aromatic heterocycles. The molecule has 6 nitrogen and oxygen atoms in total. The summed E-state index contributed by atoms with van der Waals surface area (Å²) in [4.78, 5) is 38.9. The van der Waals surface area contributed by atoms with Gasteiger partial charge in [-0.15, -0.1) is 0 Å². The molecule has 0 saturated carbocycles. The average molecular weight is 343 g/mol. The molecule has 2 saturated heterocycles. The molecule has 2 fully saturated rings. The van der Waals surface area contributed by atoms with E-state index in [0.717, 1.165) is 19.4 Å². The fourth-order valence-electron chi connectivity index (χ4n) is 3.60. The van der Waals surface area contributed by atoms with E-state index in [1.54, 1.807) is 0 Å². The van der Waals surface area contributed by atoms with E-state index in [-0.39, 0.29) is 30.4 Å². The molecule has 0 radical (unpaired) electrons. The highest BCUT2D eigenvalue weighted by atomic mass is 16.2. The second kappa shape index (κ2) is 7.25. The van der Waals surface area contributed by atoms with Crippen molar-refractivity contribution in [1.29, 1.82) is 0 Å². The molecule has 25 heavy (non-hydrogen) atoms. The van der Waals surface area contributed by atoms with Crippen LogP contribution in [0.5, 0.6) is 0 Å². The van der Waals surface area contributed by atoms with Crippen LogP contribution in [0, 0.1) is 13.8 Å². The third kappa shape index (κ3) is 3.67. The Bertz CT molecular complexity index is 685. The van der Waals surface area contributed by atoms with Crippen molar-refractivity contribution in [3.05, 3.63) is 34.9 Å². The van der Waals surface area contributed by atoms with Gasteiger partial charge < -0.3 is 10.2 Å². The number of carbonyl (C=O) groups excluding carboxylic acids is 3. The highest BCUT2D eigenvalue weighted by molar-refractivity contribution is 6.01. The first-order valence-electron chi connectivity index (χ1n) is 8.92. The van der Waals surface area contributed by atoms with Gasteiger partial charge in [0.05, 0.1) is 12.6 Å². The number of urea groups is 1. The van der Waals surface area contributed by atoms with Crippen molar-refractivity contribution in [1.82, 2.24) is 15.1 Å². The molecule has 1 aromatic carbocycles. The van der Waals surface area contributed by atoms with Gasteiger partial charge in [0.1, 0.15) is 0 Å². The van der Waals surface area contributed by atoms with Crippen molar-refractivity contribution in [3.63, 3.8) is 0 Å². The Kier molecular flexibility index (Phi) is 5.06. The third-order valence-electron chi connectivity index (χ3n) is 5.20. The molecule has 134 valence electrons. The number of nitrogens with zero attached hydrogens (tertiary/aromatic N) is 2. The minimum Gasteiger partial charge on any atom is -0.336 e. The number of benzene rings is 1. The van der Waals surface area contributed by atoms with E-state index in [2.05, 4.69) is 37.4 Å². The molecule has 1 aromatic rings. The number of imide groups is 1. The normalized spacial score (nSPS) is 20.3. The average Bonchev–Trinajstić information content (AvgIpc) is 3.19. The summed E-state index contributed by atoms with van der Waals surface area (Å²) in [6.07, 6.45) is 2.87. The zero-order valence-electron chi connectivity index (χ0n) is 14.9. The van der Waals surface area contributed by atoms with Gasteiger partial charge in [-0.1, -0.05) is 18.2 Å². The van der Waals surface area contributed by atoms with E-state index in [0.29, 0.717) is 19.4 Å². The first-order valence-corrected chi connectivity index (χ1v) is 8.92. The Hall–Kier alpha value is -2.37. The summed E-state index contributed by atoms with van der Waals surface area (Å²) < 4.78 is 0. The highest BCUT2D eigenvalue weighted by Crippen LogP contribution is 2.33. The van der Waals surface area contributed by atoms with Gasteiger partial charge in [-0.2, -0.15) is 0 Å². The van der Waals surface area contributed by atoms with Crippen LogP contribution in [0.1, 0.15) is 48.4 Å². The molecular formula is C19H25N3O3. The maximum absolute atomic E-state index is 12.6. The molecule has 4 amide bonds. The number of hydrogen-bond donors (Lipinski definition) is 1. The standard InChI is InChI=1S/C19H25N3O3/c1-13-7-8-15(11-14(13)2)16-5-3-9-21(16)17(23)6-4-10-22-18(24)12-20-19(22)25/h7-8,11,16H,3-6,9-10,12H2,1-2H3,(H,20,25). The predicted octanol–water partition coefficient (Wildman–Crippen LogP) is 2.30. The van der Waals surface area contributed by atoms with Crippen molar-refractivity contribution < 1.29 is 14.4 Å². The second-order valence-corrected chi connectivity index (χ2v) is 6.90. The van der Waals surface area contributed by atoms with Gasteiger partial charge in [0.2, 0.25) is 11.8 Å². The highest BCUT2D eigenvalue weighted by Gasteiger charge is 2.31. The van der Waals surface area contributed by atoms with Crippen molar-refractivity contribution >= 4 is 17.8 Å². The molecule has 2 aliphatic rings. The Balaban J connectivity index is 1.58. The Morgan fingerprint density at radius 2 is 2.04 bits per heavy atom. The topological polar surface area (TPSA) is 69.7 Å². The van der Waals surface area contributed by atoms with Crippen LogP contribution in [-0.2, 0) is 9.59 Å². The summed E-state index contributed by atoms with van der Waals surface area (Å²) in [5.74, 6) is -0.112. The molecule has 1 N–H and O–H groups in total. The Morgan fingerprint density at radius 1 is 1.24 bits per heavy atom. The number of amides is 4. The molecule has 1 atom stereocenters. The molecule has 3 rings (SSSR count). The van der Waals surface area contributed by atoms with Crippen LogP contribution in [0.2, 0.25) is 0 Å². The monoisotopic (exact) mass is 343 g/mol. The van der Waals surface area contributed by atoms with E-state index < -0.39 is 0 Å². The van der Waals surface area contributed by atoms with Crippen molar-refractivity contribution in [3.8, 4) is 0 Å². The lowest BCUT2D eigenvalue weighted by Gasteiger charge is -2.26. The quantitative estimate of drug-likeness (QED) is 0.834. The fraction of sp³-hybridized carbons (Fsp3) is 0.526. The zero-order chi connectivity index (χ0) is 18.0. The molecule has 2 heterocycles. The number of likely N-dealkylation sites (tertiary alicyclic amines) is 1. The Morgan fingerprint density at radius 3 is 2.72 bits per heavy atom. The summed E-state index contributed by atoms with van der Waals surface area (Å²) >= 11 is 0. The summed E-state index contributed by atoms with van der Waals surface area (Å²) in [6.45, 7) is 5.33. The van der Waals surface area contributed by atoms with Gasteiger partial charge >= 0.3 is 6.03 Å². The number of aryl methyl sites for hydroxylation is 2. The second-order valence-electron chi connectivity index (χ2n) is 6.90. The number of carbonyl (C=O) groups is 3. The molecule has 0 bridgehead atoms. The largest absolute Gasteiger partial charge is 0.336 e.